The molecular formula is C31H24F3N. The molecule has 35 heavy (non-hydrogen) atoms. The summed E-state index contributed by atoms with van der Waals surface area (Å²) in [4.78, 5) is 2.09. The average Bonchev–Trinajstić information content (AvgIpc) is 2.87. The Hall–Kier alpha value is -4.05. The molecule has 0 aromatic heterocycles. The zero-order valence-electron chi connectivity index (χ0n) is 19.5. The third kappa shape index (κ3) is 4.65. The lowest BCUT2D eigenvalue weighted by atomic mass is 9.93. The Morgan fingerprint density at radius 2 is 1.14 bits per heavy atom. The standard InChI is InChI=1S/C31H24F3N/c1-35(2)28-10-4-7-23(20-28)24-14-17-30-26(19-24)9-5-11-29(30)25-8-3-6-22(18-25)21-12-15-27(16-13-21)31(32,33)34/h3-20H,1-2H3. The van der Waals surface area contributed by atoms with E-state index in [-0.39, 0.29) is 0 Å². The second-order valence-corrected chi connectivity index (χ2v) is 8.84. The summed E-state index contributed by atoms with van der Waals surface area (Å²) in [5, 5.41) is 2.26. The van der Waals surface area contributed by atoms with Crippen LogP contribution in [0.25, 0.3) is 44.2 Å². The molecule has 0 saturated heterocycles. The second-order valence-electron chi connectivity index (χ2n) is 8.84. The first-order valence-corrected chi connectivity index (χ1v) is 11.4. The van der Waals surface area contributed by atoms with Crippen LogP contribution in [-0.2, 0) is 6.18 Å². The summed E-state index contributed by atoms with van der Waals surface area (Å²) in [7, 11) is 4.06. The van der Waals surface area contributed by atoms with Gasteiger partial charge in [0.2, 0.25) is 0 Å². The van der Waals surface area contributed by atoms with E-state index in [0.717, 1.165) is 62.0 Å². The highest BCUT2D eigenvalue weighted by Crippen LogP contribution is 2.35. The zero-order chi connectivity index (χ0) is 24.6. The number of benzene rings is 5. The van der Waals surface area contributed by atoms with Gasteiger partial charge in [0.05, 0.1) is 5.56 Å². The molecule has 0 unspecified atom stereocenters. The van der Waals surface area contributed by atoms with Gasteiger partial charge in [-0.2, -0.15) is 13.2 Å². The van der Waals surface area contributed by atoms with Gasteiger partial charge in [0.1, 0.15) is 0 Å². The molecule has 0 spiro atoms. The van der Waals surface area contributed by atoms with Crippen molar-refractivity contribution >= 4 is 16.5 Å². The predicted molar refractivity (Wildman–Crippen MR) is 140 cm³/mol. The molecule has 0 radical (unpaired) electrons. The lowest BCUT2D eigenvalue weighted by Gasteiger charge is -2.14. The highest BCUT2D eigenvalue weighted by molar-refractivity contribution is 5.99. The van der Waals surface area contributed by atoms with E-state index in [1.807, 2.05) is 44.4 Å². The number of nitrogens with zero attached hydrogens (tertiary/aromatic N) is 1. The topological polar surface area (TPSA) is 3.24 Å². The van der Waals surface area contributed by atoms with Gasteiger partial charge in [0.15, 0.2) is 0 Å². The van der Waals surface area contributed by atoms with E-state index in [2.05, 4.69) is 59.5 Å². The molecule has 0 bridgehead atoms. The Kier molecular flexibility index (Phi) is 5.81. The van der Waals surface area contributed by atoms with Gasteiger partial charge >= 0.3 is 6.18 Å². The molecule has 0 N–H and O–H groups in total. The van der Waals surface area contributed by atoms with Crippen LogP contribution < -0.4 is 4.90 Å². The third-order valence-electron chi connectivity index (χ3n) is 6.30. The van der Waals surface area contributed by atoms with Crippen LogP contribution in [0, 0.1) is 0 Å². The van der Waals surface area contributed by atoms with Crippen molar-refractivity contribution in [1.82, 2.24) is 0 Å². The van der Waals surface area contributed by atoms with Crippen LogP contribution >= 0.6 is 0 Å². The quantitative estimate of drug-likeness (QED) is 0.255. The molecule has 5 rings (SSSR count). The minimum atomic E-state index is -4.34. The fourth-order valence-electron chi connectivity index (χ4n) is 4.40. The fraction of sp³-hybridized carbons (Fsp3) is 0.0968. The van der Waals surface area contributed by atoms with Crippen LogP contribution in [-0.4, -0.2) is 14.1 Å². The van der Waals surface area contributed by atoms with E-state index in [1.165, 1.54) is 12.1 Å². The van der Waals surface area contributed by atoms with Crippen molar-refractivity contribution in [2.75, 3.05) is 19.0 Å². The molecule has 5 aromatic carbocycles. The first-order chi connectivity index (χ1) is 16.8. The third-order valence-corrected chi connectivity index (χ3v) is 6.30. The average molecular weight is 468 g/mol. The van der Waals surface area contributed by atoms with Gasteiger partial charge in [-0.05, 0) is 80.6 Å². The number of hydrogen-bond donors (Lipinski definition) is 0. The molecule has 0 amide bonds. The van der Waals surface area contributed by atoms with Crippen LogP contribution in [0.5, 0.6) is 0 Å². The van der Waals surface area contributed by atoms with Gasteiger partial charge in [-0.15, -0.1) is 0 Å². The molecule has 0 aliphatic carbocycles. The summed E-state index contributed by atoms with van der Waals surface area (Å²) in [6.07, 6.45) is -4.34. The first-order valence-electron chi connectivity index (χ1n) is 11.4. The maximum Gasteiger partial charge on any atom is 0.416 e. The van der Waals surface area contributed by atoms with Crippen LogP contribution in [0.1, 0.15) is 5.56 Å². The van der Waals surface area contributed by atoms with Crippen molar-refractivity contribution < 1.29 is 13.2 Å². The Morgan fingerprint density at radius 3 is 1.86 bits per heavy atom. The number of hydrogen-bond acceptors (Lipinski definition) is 1. The number of halogens is 3. The van der Waals surface area contributed by atoms with Crippen molar-refractivity contribution in [2.24, 2.45) is 0 Å². The van der Waals surface area contributed by atoms with Gasteiger partial charge in [0.25, 0.3) is 0 Å². The summed E-state index contributed by atoms with van der Waals surface area (Å²) in [6, 6.07) is 34.4. The van der Waals surface area contributed by atoms with E-state index in [1.54, 1.807) is 0 Å². The van der Waals surface area contributed by atoms with E-state index < -0.39 is 11.7 Å². The molecule has 0 atom stereocenters. The maximum absolute atomic E-state index is 12.9. The van der Waals surface area contributed by atoms with E-state index in [4.69, 9.17) is 0 Å². The van der Waals surface area contributed by atoms with Crippen molar-refractivity contribution in [3.8, 4) is 33.4 Å². The van der Waals surface area contributed by atoms with Crippen molar-refractivity contribution in [1.29, 1.82) is 0 Å². The maximum atomic E-state index is 12.9. The van der Waals surface area contributed by atoms with Gasteiger partial charge in [-0.1, -0.05) is 72.8 Å². The Balaban J connectivity index is 1.53. The number of anilines is 1. The monoisotopic (exact) mass is 467 g/mol. The van der Waals surface area contributed by atoms with Gasteiger partial charge in [-0.3, -0.25) is 0 Å². The molecule has 5 aromatic rings. The SMILES string of the molecule is CN(C)c1cccc(-c2ccc3c(-c4cccc(-c5ccc(C(F)(F)F)cc5)c4)cccc3c2)c1. The summed E-state index contributed by atoms with van der Waals surface area (Å²) in [6.45, 7) is 0. The molecule has 0 aliphatic rings. The highest BCUT2D eigenvalue weighted by atomic mass is 19.4. The molecular weight excluding hydrogens is 443 g/mol. The molecule has 0 heterocycles. The lowest BCUT2D eigenvalue weighted by molar-refractivity contribution is -0.137. The fourth-order valence-corrected chi connectivity index (χ4v) is 4.40. The molecule has 0 fully saturated rings. The van der Waals surface area contributed by atoms with Gasteiger partial charge in [0, 0.05) is 19.8 Å². The minimum absolute atomic E-state index is 0.640. The van der Waals surface area contributed by atoms with E-state index in [0.29, 0.717) is 0 Å². The largest absolute Gasteiger partial charge is 0.416 e. The first kappa shape index (κ1) is 22.7. The van der Waals surface area contributed by atoms with Crippen LogP contribution in [0.15, 0.2) is 109 Å². The second kappa shape index (κ2) is 8.95. The van der Waals surface area contributed by atoms with Gasteiger partial charge in [-0.25, -0.2) is 0 Å². The van der Waals surface area contributed by atoms with Gasteiger partial charge < -0.3 is 4.90 Å². The minimum Gasteiger partial charge on any atom is -0.378 e. The summed E-state index contributed by atoms with van der Waals surface area (Å²) < 4.78 is 38.8. The number of rotatable bonds is 4. The number of alkyl halides is 3. The Labute approximate surface area is 203 Å². The van der Waals surface area contributed by atoms with Crippen LogP contribution in [0.4, 0.5) is 18.9 Å². The molecule has 0 aliphatic heterocycles. The smallest absolute Gasteiger partial charge is 0.378 e. The summed E-state index contributed by atoms with van der Waals surface area (Å²) in [5.74, 6) is 0. The predicted octanol–water partition coefficient (Wildman–Crippen LogP) is 8.93. The molecule has 4 heteroatoms. The van der Waals surface area contributed by atoms with Crippen LogP contribution in [0.2, 0.25) is 0 Å². The van der Waals surface area contributed by atoms with Crippen molar-refractivity contribution in [2.45, 2.75) is 6.18 Å². The zero-order valence-corrected chi connectivity index (χ0v) is 19.5. The Bertz CT molecular complexity index is 1500. The molecule has 174 valence electrons. The van der Waals surface area contributed by atoms with Crippen molar-refractivity contribution in [3.05, 3.63) is 115 Å². The number of fused-ring (bicyclic) bond motifs is 1. The normalized spacial score (nSPS) is 11.6. The van der Waals surface area contributed by atoms with Crippen LogP contribution in [0.3, 0.4) is 0 Å². The van der Waals surface area contributed by atoms with E-state index in [9.17, 15) is 13.2 Å². The molecule has 0 saturated carbocycles. The lowest BCUT2D eigenvalue weighted by Crippen LogP contribution is -2.08. The highest BCUT2D eigenvalue weighted by Gasteiger charge is 2.29. The van der Waals surface area contributed by atoms with Crippen molar-refractivity contribution in [3.63, 3.8) is 0 Å². The summed E-state index contributed by atoms with van der Waals surface area (Å²) in [5.41, 5.74) is 6.56. The summed E-state index contributed by atoms with van der Waals surface area (Å²) >= 11 is 0. The molecule has 1 nitrogen and oxygen atoms in total. The Morgan fingerprint density at radius 1 is 0.543 bits per heavy atom. The van der Waals surface area contributed by atoms with E-state index >= 15 is 0 Å².